The van der Waals surface area contributed by atoms with Crippen LogP contribution in [0.25, 0.3) is 0 Å². The monoisotopic (exact) mass is 906 g/mol. The maximum atomic E-state index is 12.9. The highest BCUT2D eigenvalue weighted by Crippen LogP contribution is 2.28. The summed E-state index contributed by atoms with van der Waals surface area (Å²) >= 11 is 4.53. The molecule has 0 saturated heterocycles. The lowest BCUT2D eigenvalue weighted by Gasteiger charge is -2.03. The van der Waals surface area contributed by atoms with Crippen molar-refractivity contribution in [1.29, 1.82) is 0 Å². The number of phenolic OH excluding ortho intramolecular Hbond substituents is 2. The highest BCUT2D eigenvalue weighted by Gasteiger charge is 2.20. The molecule has 0 bridgehead atoms. The van der Waals surface area contributed by atoms with Crippen LogP contribution >= 0.6 is 67.8 Å². The summed E-state index contributed by atoms with van der Waals surface area (Å²) in [5.41, 5.74) is 2.92. The first-order valence-electron chi connectivity index (χ1n) is 11.8. The van der Waals surface area contributed by atoms with Crippen molar-refractivity contribution in [3.05, 3.63) is 137 Å². The van der Waals surface area contributed by atoms with E-state index in [1.54, 1.807) is 73.6 Å². The van der Waals surface area contributed by atoms with Gasteiger partial charge in [-0.05, 0) is 116 Å². The molecule has 6 nitrogen and oxygen atoms in total. The van der Waals surface area contributed by atoms with Crippen LogP contribution in [0.2, 0.25) is 0 Å². The summed E-state index contributed by atoms with van der Waals surface area (Å²) in [4.78, 5) is 16.3. The van der Waals surface area contributed by atoms with E-state index in [-0.39, 0.29) is 22.2 Å². The third kappa shape index (κ3) is 10.0. The van der Waals surface area contributed by atoms with E-state index < -0.39 is 17.5 Å². The molecule has 0 saturated carbocycles. The van der Waals surface area contributed by atoms with Crippen LogP contribution in [-0.4, -0.2) is 32.6 Å². The Kier molecular flexibility index (Phi) is 13.6. The van der Waals surface area contributed by atoms with Crippen LogP contribution in [0.15, 0.2) is 108 Å². The molecule has 2 heterocycles. The fraction of sp³-hybridized carbons (Fsp3) is 0. The van der Waals surface area contributed by atoms with Crippen LogP contribution in [0.1, 0.15) is 11.1 Å². The minimum Gasteiger partial charge on any atom is -0.507 e. The molecule has 0 spiro atoms. The summed E-state index contributed by atoms with van der Waals surface area (Å²) in [6.45, 7) is 0. The number of halogens is 6. The largest absolute Gasteiger partial charge is 0.507 e. The summed E-state index contributed by atoms with van der Waals surface area (Å²) in [7, 11) is 0. The second kappa shape index (κ2) is 17.1. The van der Waals surface area contributed by atoms with Gasteiger partial charge in [0.25, 0.3) is 0 Å². The van der Waals surface area contributed by atoms with Crippen LogP contribution in [0, 0.1) is 28.2 Å². The Labute approximate surface area is 281 Å². The lowest BCUT2D eigenvalue weighted by molar-refractivity contribution is 0.474. The smallest absolute Gasteiger partial charge is 0.155 e. The van der Waals surface area contributed by atoms with E-state index in [9.17, 15) is 23.4 Å². The van der Waals surface area contributed by atoms with Gasteiger partial charge in [-0.2, -0.15) is 0 Å². The van der Waals surface area contributed by atoms with Gasteiger partial charge in [0.2, 0.25) is 0 Å². The minimum atomic E-state index is -0.827. The molecular formula is C30H20F3I3N4O2. The highest BCUT2D eigenvalue weighted by atomic mass is 127. The quantitative estimate of drug-likeness (QED) is 0.0816. The molecule has 0 radical (unpaired) electrons. The Morgan fingerprint density at radius 2 is 0.905 bits per heavy atom. The first kappa shape index (κ1) is 33.4. The number of hydrogen-bond acceptors (Lipinski definition) is 6. The number of aliphatic imine (C=N–C) groups is 2. The lowest BCUT2D eigenvalue weighted by atomic mass is 10.2. The average Bonchev–Trinajstić information content (AvgIpc) is 3.03. The maximum absolute atomic E-state index is 12.9. The molecule has 12 heteroatoms. The Morgan fingerprint density at radius 1 is 0.548 bits per heavy atom. The van der Waals surface area contributed by atoms with Crippen LogP contribution in [0.3, 0.4) is 0 Å². The van der Waals surface area contributed by atoms with Crippen molar-refractivity contribution in [3.63, 3.8) is 0 Å². The van der Waals surface area contributed by atoms with Crippen molar-refractivity contribution in [1.82, 2.24) is 9.97 Å². The number of para-hydroxylation sites is 2. The maximum Gasteiger partial charge on any atom is 0.155 e. The molecule has 0 aliphatic heterocycles. The molecule has 42 heavy (non-hydrogen) atoms. The molecule has 0 aliphatic carbocycles. The van der Waals surface area contributed by atoms with Crippen molar-refractivity contribution in [3.8, 4) is 11.5 Å². The topological polar surface area (TPSA) is 91.0 Å². The molecule has 2 aromatic heterocycles. The first-order valence-corrected chi connectivity index (χ1v) is 15.0. The van der Waals surface area contributed by atoms with Gasteiger partial charge >= 0.3 is 0 Å². The van der Waals surface area contributed by atoms with Crippen molar-refractivity contribution < 1.29 is 23.4 Å². The van der Waals surface area contributed by atoms with Crippen LogP contribution in [-0.2, 0) is 0 Å². The number of phenols is 2. The summed E-state index contributed by atoms with van der Waals surface area (Å²) < 4.78 is 38.3. The molecular weight excluding hydrogens is 886 g/mol. The van der Waals surface area contributed by atoms with Crippen molar-refractivity contribution in [2.24, 2.45) is 9.98 Å². The Bertz CT molecular complexity index is 1480. The molecule has 2 N–H and O–H groups in total. The van der Waals surface area contributed by atoms with Gasteiger partial charge < -0.3 is 10.2 Å². The molecule has 0 amide bonds. The van der Waals surface area contributed by atoms with Crippen LogP contribution in [0.5, 0.6) is 11.5 Å². The molecule has 0 atom stereocenters. The van der Waals surface area contributed by atoms with Gasteiger partial charge in [-0.3, -0.25) is 20.0 Å². The fourth-order valence-corrected chi connectivity index (χ4v) is 6.09. The van der Waals surface area contributed by atoms with E-state index in [4.69, 9.17) is 0 Å². The molecule has 3 aromatic carbocycles. The predicted octanol–water partition coefficient (Wildman–Crippen LogP) is 8.99. The molecule has 5 rings (SSSR count). The molecule has 0 unspecified atom stereocenters. The summed E-state index contributed by atoms with van der Waals surface area (Å²) in [6, 6.07) is 21.4. The van der Waals surface area contributed by atoms with Crippen LogP contribution < -0.4 is 0 Å². The van der Waals surface area contributed by atoms with Crippen molar-refractivity contribution in [2.45, 2.75) is 0 Å². The lowest BCUT2D eigenvalue weighted by Crippen LogP contribution is -2.01. The van der Waals surface area contributed by atoms with E-state index in [0.717, 1.165) is 11.4 Å². The van der Waals surface area contributed by atoms with Gasteiger partial charge in [-0.1, -0.05) is 24.3 Å². The van der Waals surface area contributed by atoms with Crippen molar-refractivity contribution >= 4 is 91.6 Å². The Morgan fingerprint density at radius 3 is 1.21 bits per heavy atom. The Hall–Kier alpha value is -3.12. The van der Waals surface area contributed by atoms with Gasteiger partial charge in [-0.15, -0.1) is 0 Å². The van der Waals surface area contributed by atoms with Crippen molar-refractivity contribution in [2.75, 3.05) is 0 Å². The number of hydrogen-bond donors (Lipinski definition) is 2. The normalized spacial score (nSPS) is 10.6. The van der Waals surface area contributed by atoms with E-state index in [1.165, 1.54) is 67.8 Å². The van der Waals surface area contributed by atoms with Gasteiger partial charge in [0.15, 0.2) is 17.5 Å². The van der Waals surface area contributed by atoms with Gasteiger partial charge in [0, 0.05) is 35.9 Å². The van der Waals surface area contributed by atoms with E-state index in [0.29, 0.717) is 11.1 Å². The van der Waals surface area contributed by atoms with E-state index >= 15 is 0 Å². The second-order valence-corrected chi connectivity index (χ2v) is 11.2. The molecule has 214 valence electrons. The number of nitrogens with zero attached hydrogens (tertiary/aromatic N) is 4. The molecule has 5 aromatic rings. The third-order valence-corrected chi connectivity index (χ3v) is 7.87. The van der Waals surface area contributed by atoms with Gasteiger partial charge in [-0.25, -0.2) is 13.2 Å². The zero-order valence-electron chi connectivity index (χ0n) is 21.3. The average molecular weight is 906 g/mol. The zero-order valence-corrected chi connectivity index (χ0v) is 27.8. The highest BCUT2D eigenvalue weighted by molar-refractivity contribution is 14.1. The minimum absolute atomic E-state index is 0.164. The number of pyridine rings is 2. The molecule has 0 fully saturated rings. The second-order valence-electron chi connectivity index (χ2n) is 7.94. The van der Waals surface area contributed by atoms with Gasteiger partial charge in [0.1, 0.15) is 11.5 Å². The van der Waals surface area contributed by atoms with E-state index in [2.05, 4.69) is 20.0 Å². The number of aromatic nitrogens is 2. The third-order valence-electron chi connectivity index (χ3n) is 5.03. The van der Waals surface area contributed by atoms with Gasteiger partial charge in [0.05, 0.1) is 34.5 Å². The Balaban J connectivity index is 0.000000174. The predicted molar refractivity (Wildman–Crippen MR) is 184 cm³/mol. The zero-order chi connectivity index (χ0) is 30.5. The number of rotatable bonds is 4. The standard InChI is InChI=1S/2C12H10N2O.C6F3I3/c2*15-12-6-2-1-4-10(12)8-14-11-5-3-7-13-9-11;7-1-4(10)2(8)6(12)3(9)5(1)11/h2*1-9,15H;. The molecule has 0 aliphatic rings. The fourth-order valence-electron chi connectivity index (χ4n) is 2.92. The summed E-state index contributed by atoms with van der Waals surface area (Å²) in [5, 5.41) is 19.0. The first-order chi connectivity index (χ1) is 20.2. The number of aromatic hydroxyl groups is 2. The summed E-state index contributed by atoms with van der Waals surface area (Å²) in [6.07, 6.45) is 9.95. The number of benzene rings is 3. The summed E-state index contributed by atoms with van der Waals surface area (Å²) in [5.74, 6) is -2.03. The van der Waals surface area contributed by atoms with Crippen LogP contribution in [0.4, 0.5) is 24.5 Å². The van der Waals surface area contributed by atoms with E-state index in [1.807, 2.05) is 36.4 Å². The SMILES string of the molecule is Fc1c(I)c(F)c(I)c(F)c1I.Oc1ccccc1C=Nc1cccnc1.Oc1ccccc1C=Nc1cccnc1.